The van der Waals surface area contributed by atoms with Gasteiger partial charge >= 0.3 is 0 Å². The summed E-state index contributed by atoms with van der Waals surface area (Å²) in [5.74, 6) is 0.0969. The van der Waals surface area contributed by atoms with Gasteiger partial charge in [0.25, 0.3) is 11.8 Å². The number of ether oxygens (including phenoxy) is 1. The van der Waals surface area contributed by atoms with Gasteiger partial charge in [-0.05, 0) is 37.5 Å². The summed E-state index contributed by atoms with van der Waals surface area (Å²) in [5.41, 5.74) is 1.43. The smallest absolute Gasteiger partial charge is 0.294 e. The summed E-state index contributed by atoms with van der Waals surface area (Å²) in [4.78, 5) is 29.4. The first kappa shape index (κ1) is 16.9. The molecule has 2 saturated heterocycles. The first-order valence-corrected chi connectivity index (χ1v) is 9.93. The van der Waals surface area contributed by atoms with Crippen LogP contribution in [-0.4, -0.2) is 61.5 Å². The van der Waals surface area contributed by atoms with E-state index in [2.05, 4.69) is 5.32 Å². The molecule has 7 heteroatoms. The molecular formula is C18H24N3O3S+. The molecule has 1 aromatic carbocycles. The maximum absolute atomic E-state index is 12.7. The molecule has 2 fully saturated rings. The maximum atomic E-state index is 12.7. The fourth-order valence-electron chi connectivity index (χ4n) is 3.69. The molecule has 1 unspecified atom stereocenters. The van der Waals surface area contributed by atoms with Gasteiger partial charge in [-0.2, -0.15) is 0 Å². The Kier molecular flexibility index (Phi) is 4.96. The van der Waals surface area contributed by atoms with E-state index in [-0.39, 0.29) is 17.2 Å². The van der Waals surface area contributed by atoms with Crippen LogP contribution < -0.4 is 10.2 Å². The fourth-order valence-corrected chi connectivity index (χ4v) is 4.89. The summed E-state index contributed by atoms with van der Waals surface area (Å²) in [6, 6.07) is 5.71. The molecule has 134 valence electrons. The Morgan fingerprint density at radius 3 is 2.72 bits per heavy atom. The van der Waals surface area contributed by atoms with Crippen molar-refractivity contribution in [3.05, 3.63) is 23.8 Å². The molecule has 0 saturated carbocycles. The summed E-state index contributed by atoms with van der Waals surface area (Å²) in [5, 5.41) is 2.87. The Balaban J connectivity index is 1.51. The quantitative estimate of drug-likeness (QED) is 0.809. The Labute approximate surface area is 151 Å². The third-order valence-electron chi connectivity index (χ3n) is 5.12. The molecule has 0 radical (unpaired) electrons. The molecule has 6 nitrogen and oxygen atoms in total. The lowest BCUT2D eigenvalue weighted by Gasteiger charge is -2.33. The van der Waals surface area contributed by atoms with Crippen LogP contribution in [0.4, 0.5) is 5.69 Å². The summed E-state index contributed by atoms with van der Waals surface area (Å²) in [6.07, 6.45) is 3.35. The van der Waals surface area contributed by atoms with E-state index in [1.807, 2.05) is 23.1 Å². The lowest BCUT2D eigenvalue weighted by molar-refractivity contribution is -0.909. The first-order chi connectivity index (χ1) is 12.2. The second-order valence-corrected chi connectivity index (χ2v) is 7.97. The van der Waals surface area contributed by atoms with Gasteiger partial charge in [-0.1, -0.05) is 11.8 Å². The van der Waals surface area contributed by atoms with Gasteiger partial charge in [-0.25, -0.2) is 0 Å². The summed E-state index contributed by atoms with van der Waals surface area (Å²) in [6.45, 7) is 4.78. The molecule has 0 aliphatic carbocycles. The van der Waals surface area contributed by atoms with Crippen LogP contribution in [0.25, 0.3) is 0 Å². The van der Waals surface area contributed by atoms with Gasteiger partial charge in [-0.3, -0.25) is 9.59 Å². The van der Waals surface area contributed by atoms with Crippen LogP contribution in [0.5, 0.6) is 0 Å². The number of anilines is 1. The van der Waals surface area contributed by atoms with Gasteiger partial charge in [-0.15, -0.1) is 0 Å². The minimum Gasteiger partial charge on any atom is -0.370 e. The number of rotatable bonds is 2. The molecule has 2 amide bonds. The number of amides is 2. The van der Waals surface area contributed by atoms with Crippen LogP contribution in [0.15, 0.2) is 23.1 Å². The van der Waals surface area contributed by atoms with E-state index in [1.165, 1.54) is 11.3 Å². The predicted octanol–water partition coefficient (Wildman–Crippen LogP) is 0.598. The number of hydrogen-bond acceptors (Lipinski definition) is 4. The molecular weight excluding hydrogens is 338 g/mol. The number of fused-ring (bicyclic) bond motifs is 1. The van der Waals surface area contributed by atoms with Crippen molar-refractivity contribution in [2.45, 2.75) is 29.5 Å². The number of quaternary nitrogens is 1. The molecule has 1 atom stereocenters. The highest BCUT2D eigenvalue weighted by molar-refractivity contribution is 8.00. The van der Waals surface area contributed by atoms with Crippen LogP contribution in [0.1, 0.15) is 29.6 Å². The third-order valence-corrected chi connectivity index (χ3v) is 6.51. The first-order valence-electron chi connectivity index (χ1n) is 9.05. The van der Waals surface area contributed by atoms with Crippen molar-refractivity contribution in [3.63, 3.8) is 0 Å². The van der Waals surface area contributed by atoms with Crippen LogP contribution in [0, 0.1) is 0 Å². The van der Waals surface area contributed by atoms with E-state index in [0.29, 0.717) is 18.8 Å². The van der Waals surface area contributed by atoms with Crippen molar-refractivity contribution >= 4 is 29.3 Å². The van der Waals surface area contributed by atoms with Gasteiger partial charge in [0.05, 0.1) is 18.9 Å². The van der Waals surface area contributed by atoms with E-state index in [4.69, 9.17) is 4.74 Å². The van der Waals surface area contributed by atoms with Gasteiger partial charge in [0.15, 0.2) is 0 Å². The SMILES string of the molecule is O=C1Nc2cc(C(=O)N3CCCCC3)ccc2SC1[NH+]1CCOCC1. The molecule has 3 aliphatic heterocycles. The van der Waals surface area contributed by atoms with E-state index in [1.54, 1.807) is 11.8 Å². The number of piperidine rings is 1. The molecule has 3 heterocycles. The molecule has 4 rings (SSSR count). The molecule has 0 bridgehead atoms. The fraction of sp³-hybridized carbons (Fsp3) is 0.556. The highest BCUT2D eigenvalue weighted by Gasteiger charge is 2.36. The van der Waals surface area contributed by atoms with E-state index >= 15 is 0 Å². The highest BCUT2D eigenvalue weighted by atomic mass is 32.2. The molecule has 3 aliphatic rings. The second-order valence-electron chi connectivity index (χ2n) is 6.82. The maximum Gasteiger partial charge on any atom is 0.294 e. The number of carbonyl (C=O) groups is 2. The Morgan fingerprint density at radius 2 is 1.96 bits per heavy atom. The Hall–Kier alpha value is -1.57. The normalized spacial score (nSPS) is 24.6. The van der Waals surface area contributed by atoms with Crippen molar-refractivity contribution in [3.8, 4) is 0 Å². The van der Waals surface area contributed by atoms with E-state index < -0.39 is 0 Å². The zero-order valence-corrected chi connectivity index (χ0v) is 15.1. The topological polar surface area (TPSA) is 63.1 Å². The van der Waals surface area contributed by atoms with Crippen LogP contribution >= 0.6 is 11.8 Å². The lowest BCUT2D eigenvalue weighted by atomic mass is 10.1. The third kappa shape index (κ3) is 3.54. The highest BCUT2D eigenvalue weighted by Crippen LogP contribution is 2.34. The molecule has 25 heavy (non-hydrogen) atoms. The van der Waals surface area contributed by atoms with Crippen LogP contribution in [0.3, 0.4) is 0 Å². The minimum atomic E-state index is -0.139. The number of nitrogens with one attached hydrogen (secondary N) is 2. The predicted molar refractivity (Wildman–Crippen MR) is 96.0 cm³/mol. The number of carbonyl (C=O) groups excluding carboxylic acids is 2. The largest absolute Gasteiger partial charge is 0.370 e. The van der Waals surface area contributed by atoms with Gasteiger partial charge in [0.1, 0.15) is 13.1 Å². The van der Waals surface area contributed by atoms with E-state index in [0.717, 1.165) is 49.6 Å². The monoisotopic (exact) mass is 362 g/mol. The molecule has 2 N–H and O–H groups in total. The van der Waals surface area contributed by atoms with Crippen molar-refractivity contribution in [2.24, 2.45) is 0 Å². The minimum absolute atomic E-state index is 0.0250. The summed E-state index contributed by atoms with van der Waals surface area (Å²) >= 11 is 1.60. The average molecular weight is 362 g/mol. The second kappa shape index (κ2) is 7.35. The number of nitrogens with zero attached hydrogens (tertiary/aromatic N) is 1. The number of likely N-dealkylation sites (tertiary alicyclic amines) is 1. The summed E-state index contributed by atoms with van der Waals surface area (Å²) in [7, 11) is 0. The molecule has 1 aromatic rings. The molecule has 0 spiro atoms. The Bertz CT molecular complexity index is 670. The zero-order chi connectivity index (χ0) is 17.2. The number of morpholine rings is 1. The van der Waals surface area contributed by atoms with Crippen LogP contribution in [-0.2, 0) is 9.53 Å². The van der Waals surface area contributed by atoms with Crippen molar-refractivity contribution in [2.75, 3.05) is 44.7 Å². The lowest BCUT2D eigenvalue weighted by Crippen LogP contribution is -3.18. The summed E-state index contributed by atoms with van der Waals surface area (Å²) < 4.78 is 5.39. The van der Waals surface area contributed by atoms with Crippen molar-refractivity contribution < 1.29 is 19.2 Å². The van der Waals surface area contributed by atoms with Crippen molar-refractivity contribution in [1.29, 1.82) is 0 Å². The zero-order valence-electron chi connectivity index (χ0n) is 14.3. The average Bonchev–Trinajstić information content (AvgIpc) is 2.68. The van der Waals surface area contributed by atoms with Gasteiger partial charge < -0.3 is 19.9 Å². The van der Waals surface area contributed by atoms with Crippen LogP contribution in [0.2, 0.25) is 0 Å². The standard InChI is InChI=1S/C18H23N3O3S/c22-16-18(21-8-10-24-11-9-21)25-15-5-4-13(12-14(15)19-16)17(23)20-6-2-1-3-7-20/h4-5,12,18H,1-3,6-11H2,(H,19,22)/p+1. The number of thioether (sulfide) groups is 1. The Morgan fingerprint density at radius 1 is 1.20 bits per heavy atom. The van der Waals surface area contributed by atoms with Crippen molar-refractivity contribution in [1.82, 2.24) is 4.90 Å². The number of hydrogen-bond donors (Lipinski definition) is 2. The number of benzene rings is 1. The van der Waals surface area contributed by atoms with E-state index in [9.17, 15) is 9.59 Å². The van der Waals surface area contributed by atoms with Gasteiger partial charge in [0, 0.05) is 23.5 Å². The molecule has 0 aromatic heterocycles. The van der Waals surface area contributed by atoms with Gasteiger partial charge in [0.2, 0.25) is 5.37 Å².